The fourth-order valence-corrected chi connectivity index (χ4v) is 1.84. The molecule has 0 aliphatic rings. The van der Waals surface area contributed by atoms with E-state index in [9.17, 15) is 4.79 Å². The van der Waals surface area contributed by atoms with Crippen LogP contribution in [0.3, 0.4) is 0 Å². The summed E-state index contributed by atoms with van der Waals surface area (Å²) < 4.78 is 7.10. The minimum absolute atomic E-state index is 0.224. The molecule has 0 saturated carbocycles. The predicted molar refractivity (Wildman–Crippen MR) is 81.9 cm³/mol. The van der Waals surface area contributed by atoms with Gasteiger partial charge in [0.2, 0.25) is 0 Å². The highest BCUT2D eigenvalue weighted by atomic mass is 35.5. The number of hydrogen-bond acceptors (Lipinski definition) is 3. The molecule has 6 heteroatoms. The fourth-order valence-electron chi connectivity index (χ4n) is 1.67. The molecule has 110 valence electrons. The normalized spacial score (nSPS) is 11.7. The maximum Gasteiger partial charge on any atom is 0.261 e. The van der Waals surface area contributed by atoms with Gasteiger partial charge in [-0.25, -0.2) is 4.68 Å². The van der Waals surface area contributed by atoms with Crippen molar-refractivity contribution in [2.24, 2.45) is 0 Å². The monoisotopic (exact) mass is 305 g/mol. The zero-order valence-corrected chi connectivity index (χ0v) is 12.4. The van der Waals surface area contributed by atoms with Crippen molar-refractivity contribution in [3.05, 3.63) is 54.2 Å². The van der Waals surface area contributed by atoms with Gasteiger partial charge in [0.15, 0.2) is 6.10 Å². The minimum atomic E-state index is -0.693. The van der Waals surface area contributed by atoms with Crippen molar-refractivity contribution in [2.45, 2.75) is 13.0 Å². The molecule has 1 atom stereocenters. The Morgan fingerprint density at radius 3 is 2.90 bits per heavy atom. The zero-order chi connectivity index (χ0) is 15.2. The molecule has 1 aromatic carbocycles. The highest BCUT2D eigenvalue weighted by molar-refractivity contribution is 6.31. The smallest absolute Gasteiger partial charge is 0.261 e. The van der Waals surface area contributed by atoms with Crippen molar-refractivity contribution < 1.29 is 9.53 Å². The van der Waals surface area contributed by atoms with Crippen molar-refractivity contribution in [3.63, 3.8) is 0 Å². The lowest BCUT2D eigenvalue weighted by atomic mass is 10.3. The molecule has 21 heavy (non-hydrogen) atoms. The second kappa shape index (κ2) is 6.95. The van der Waals surface area contributed by atoms with E-state index in [1.165, 1.54) is 0 Å². The van der Waals surface area contributed by atoms with E-state index in [4.69, 9.17) is 16.3 Å². The molecule has 1 amide bonds. The van der Waals surface area contributed by atoms with E-state index in [1.54, 1.807) is 23.9 Å². The number of benzene rings is 1. The molecule has 0 aliphatic carbocycles. The molecule has 0 saturated heterocycles. The summed E-state index contributed by atoms with van der Waals surface area (Å²) in [5.74, 6) is -0.0259. The molecule has 2 aromatic rings. The van der Waals surface area contributed by atoms with Crippen molar-refractivity contribution in [1.29, 1.82) is 0 Å². The number of aromatic nitrogens is 2. The van der Waals surface area contributed by atoms with Crippen LogP contribution in [0.4, 0.5) is 0 Å². The first-order valence-electron chi connectivity index (χ1n) is 6.47. The second-order valence-electron chi connectivity index (χ2n) is 4.36. The first-order valence-corrected chi connectivity index (χ1v) is 6.85. The number of ether oxygens (including phenoxy) is 1. The van der Waals surface area contributed by atoms with Gasteiger partial charge < -0.3 is 10.1 Å². The summed E-state index contributed by atoms with van der Waals surface area (Å²) in [5, 5.41) is 7.24. The van der Waals surface area contributed by atoms with Crippen molar-refractivity contribution in [2.75, 3.05) is 6.54 Å². The van der Waals surface area contributed by atoms with E-state index in [2.05, 4.69) is 17.0 Å². The second-order valence-corrected chi connectivity index (χ2v) is 4.76. The Morgan fingerprint density at radius 2 is 2.24 bits per heavy atom. The Bertz CT molecular complexity index is 625. The van der Waals surface area contributed by atoms with Crippen LogP contribution >= 0.6 is 11.6 Å². The summed E-state index contributed by atoms with van der Waals surface area (Å²) in [6.07, 6.45) is 2.55. The summed E-state index contributed by atoms with van der Waals surface area (Å²) in [6, 6.07) is 9.51. The highest BCUT2D eigenvalue weighted by Gasteiger charge is 2.18. The van der Waals surface area contributed by atoms with Gasteiger partial charge >= 0.3 is 0 Å². The van der Waals surface area contributed by atoms with Gasteiger partial charge in [0.05, 0.1) is 11.9 Å². The molecular weight excluding hydrogens is 290 g/mol. The van der Waals surface area contributed by atoms with Gasteiger partial charge in [-0.2, -0.15) is 0 Å². The molecule has 1 N–H and O–H groups in total. The Labute approximate surface area is 128 Å². The molecular formula is C15H16ClN3O2. The van der Waals surface area contributed by atoms with Crippen LogP contribution in [-0.2, 0) is 4.79 Å². The van der Waals surface area contributed by atoms with E-state index in [1.807, 2.05) is 30.3 Å². The SMILES string of the molecule is C=CCNC(=O)C(C)Oc1nn(-c2ccccc2)cc1Cl. The third kappa shape index (κ3) is 3.86. The van der Waals surface area contributed by atoms with Crippen LogP contribution in [-0.4, -0.2) is 28.3 Å². The maximum atomic E-state index is 11.7. The van der Waals surface area contributed by atoms with Gasteiger partial charge in [0.1, 0.15) is 5.02 Å². The van der Waals surface area contributed by atoms with Crippen LogP contribution < -0.4 is 10.1 Å². The summed E-state index contributed by atoms with van der Waals surface area (Å²) in [7, 11) is 0. The molecule has 1 unspecified atom stereocenters. The van der Waals surface area contributed by atoms with Crippen LogP contribution in [0, 0.1) is 0 Å². The van der Waals surface area contributed by atoms with Crippen LogP contribution in [0.2, 0.25) is 5.02 Å². The number of carbonyl (C=O) groups excluding carboxylic acids is 1. The van der Waals surface area contributed by atoms with E-state index < -0.39 is 6.10 Å². The number of nitrogens with zero attached hydrogens (tertiary/aromatic N) is 2. The number of amides is 1. The van der Waals surface area contributed by atoms with Crippen molar-refractivity contribution >= 4 is 17.5 Å². The fraction of sp³-hybridized carbons (Fsp3) is 0.200. The predicted octanol–water partition coefficient (Wildman–Crippen LogP) is 2.60. The first-order chi connectivity index (χ1) is 10.1. The Hall–Kier alpha value is -2.27. The summed E-state index contributed by atoms with van der Waals surface area (Å²) in [4.78, 5) is 11.7. The average molecular weight is 306 g/mol. The van der Waals surface area contributed by atoms with Gasteiger partial charge in [0, 0.05) is 6.54 Å². The van der Waals surface area contributed by atoms with E-state index in [0.29, 0.717) is 11.6 Å². The lowest BCUT2D eigenvalue weighted by molar-refractivity contribution is -0.127. The standard InChI is InChI=1S/C15H16ClN3O2/c1-3-9-17-14(20)11(2)21-15-13(16)10-19(18-15)12-7-5-4-6-8-12/h3-8,10-11H,1,9H2,2H3,(H,17,20). The van der Waals surface area contributed by atoms with Gasteiger partial charge in [-0.15, -0.1) is 11.7 Å². The lowest BCUT2D eigenvalue weighted by Crippen LogP contribution is -2.36. The number of carbonyl (C=O) groups is 1. The molecule has 0 spiro atoms. The van der Waals surface area contributed by atoms with Gasteiger partial charge in [-0.3, -0.25) is 4.79 Å². The maximum absolute atomic E-state index is 11.7. The van der Waals surface area contributed by atoms with Crippen LogP contribution in [0.5, 0.6) is 5.88 Å². The molecule has 5 nitrogen and oxygen atoms in total. The molecule has 2 rings (SSSR count). The Balaban J connectivity index is 2.09. The molecule has 0 fully saturated rings. The molecule has 0 radical (unpaired) electrons. The van der Waals surface area contributed by atoms with Crippen molar-refractivity contribution in [1.82, 2.24) is 15.1 Å². The third-order valence-electron chi connectivity index (χ3n) is 2.74. The summed E-state index contributed by atoms with van der Waals surface area (Å²) >= 11 is 6.09. The number of hydrogen-bond donors (Lipinski definition) is 1. The lowest BCUT2D eigenvalue weighted by Gasteiger charge is -2.12. The summed E-state index contributed by atoms with van der Waals surface area (Å²) in [6.45, 7) is 5.56. The molecule has 1 heterocycles. The quantitative estimate of drug-likeness (QED) is 0.835. The van der Waals surface area contributed by atoms with E-state index >= 15 is 0 Å². The number of rotatable bonds is 6. The van der Waals surface area contributed by atoms with Crippen LogP contribution in [0.15, 0.2) is 49.2 Å². The van der Waals surface area contributed by atoms with E-state index in [0.717, 1.165) is 5.69 Å². The number of para-hydroxylation sites is 1. The van der Waals surface area contributed by atoms with E-state index in [-0.39, 0.29) is 11.8 Å². The number of halogens is 1. The van der Waals surface area contributed by atoms with Gasteiger partial charge in [-0.05, 0) is 19.1 Å². The Morgan fingerprint density at radius 1 is 1.52 bits per heavy atom. The molecule has 0 bridgehead atoms. The first kappa shape index (κ1) is 15.1. The zero-order valence-electron chi connectivity index (χ0n) is 11.6. The molecule has 1 aromatic heterocycles. The minimum Gasteiger partial charge on any atom is -0.462 e. The Kier molecular flexibility index (Phi) is 5.00. The number of nitrogens with one attached hydrogen (secondary N) is 1. The molecule has 0 aliphatic heterocycles. The van der Waals surface area contributed by atoms with Crippen LogP contribution in [0.1, 0.15) is 6.92 Å². The highest BCUT2D eigenvalue weighted by Crippen LogP contribution is 2.24. The van der Waals surface area contributed by atoms with Crippen molar-refractivity contribution in [3.8, 4) is 11.6 Å². The topological polar surface area (TPSA) is 56.1 Å². The van der Waals surface area contributed by atoms with Gasteiger partial charge in [0.25, 0.3) is 11.8 Å². The van der Waals surface area contributed by atoms with Gasteiger partial charge in [-0.1, -0.05) is 35.9 Å². The van der Waals surface area contributed by atoms with Crippen LogP contribution in [0.25, 0.3) is 5.69 Å². The average Bonchev–Trinajstić information content (AvgIpc) is 2.86. The third-order valence-corrected chi connectivity index (χ3v) is 3.00. The largest absolute Gasteiger partial charge is 0.462 e. The summed E-state index contributed by atoms with van der Waals surface area (Å²) in [5.41, 5.74) is 0.859.